The molecule has 0 radical (unpaired) electrons. The normalized spacial score (nSPS) is 24.2. The van der Waals surface area contributed by atoms with Crippen molar-refractivity contribution < 1.29 is 17.9 Å². The lowest BCUT2D eigenvalue weighted by Crippen LogP contribution is -2.24. The molecule has 0 amide bonds. The molecule has 1 aliphatic carbocycles. The number of pyridine rings is 1. The number of anilines is 1. The largest absolute Gasteiger partial charge is 0.488 e. The fourth-order valence-electron chi connectivity index (χ4n) is 2.37. The minimum atomic E-state index is -4.48. The van der Waals surface area contributed by atoms with Crippen LogP contribution in [0.3, 0.4) is 0 Å². The van der Waals surface area contributed by atoms with Gasteiger partial charge in [0.1, 0.15) is 11.4 Å². The molecule has 2 atom stereocenters. The van der Waals surface area contributed by atoms with E-state index in [1.807, 2.05) is 0 Å². The Morgan fingerprint density at radius 3 is 2.74 bits per heavy atom. The molecule has 1 aromatic heterocycles. The third-order valence-electron chi connectivity index (χ3n) is 3.37. The van der Waals surface area contributed by atoms with E-state index in [-0.39, 0.29) is 17.5 Å². The Bertz CT molecular complexity index is 448. The van der Waals surface area contributed by atoms with E-state index in [0.29, 0.717) is 5.92 Å². The van der Waals surface area contributed by atoms with Gasteiger partial charge in [0.05, 0.1) is 18.0 Å². The number of hydrogen-bond acceptors (Lipinski definition) is 3. The fraction of sp³-hybridized carbons (Fsp3) is 0.615. The van der Waals surface area contributed by atoms with Crippen LogP contribution in [0.25, 0.3) is 0 Å². The SMILES string of the molecule is CC1CCCC(Oc2cc(C(F)(F)F)ncc2N)C1. The lowest BCUT2D eigenvalue weighted by atomic mass is 9.89. The van der Waals surface area contributed by atoms with Crippen LogP contribution in [0.2, 0.25) is 0 Å². The zero-order valence-electron chi connectivity index (χ0n) is 10.7. The summed E-state index contributed by atoms with van der Waals surface area (Å²) in [5.74, 6) is 0.616. The fourth-order valence-corrected chi connectivity index (χ4v) is 2.37. The van der Waals surface area contributed by atoms with Crippen molar-refractivity contribution in [2.75, 3.05) is 5.73 Å². The highest BCUT2D eigenvalue weighted by atomic mass is 19.4. The molecule has 1 saturated carbocycles. The molecule has 0 aliphatic heterocycles. The lowest BCUT2D eigenvalue weighted by Gasteiger charge is -2.28. The molecule has 1 fully saturated rings. The molecule has 1 aliphatic rings. The van der Waals surface area contributed by atoms with Crippen LogP contribution in [-0.4, -0.2) is 11.1 Å². The summed E-state index contributed by atoms with van der Waals surface area (Å²) >= 11 is 0. The van der Waals surface area contributed by atoms with Gasteiger partial charge in [-0.1, -0.05) is 13.3 Å². The summed E-state index contributed by atoms with van der Waals surface area (Å²) in [5, 5.41) is 0. The van der Waals surface area contributed by atoms with Crippen LogP contribution in [-0.2, 0) is 6.18 Å². The highest BCUT2D eigenvalue weighted by molar-refractivity contribution is 5.51. The monoisotopic (exact) mass is 274 g/mol. The van der Waals surface area contributed by atoms with Crippen molar-refractivity contribution >= 4 is 5.69 Å². The molecule has 0 saturated heterocycles. The first-order chi connectivity index (χ1) is 8.86. The van der Waals surface area contributed by atoms with Crippen molar-refractivity contribution in [3.63, 3.8) is 0 Å². The minimum Gasteiger partial charge on any atom is -0.488 e. The van der Waals surface area contributed by atoms with Gasteiger partial charge in [-0.15, -0.1) is 0 Å². The summed E-state index contributed by atoms with van der Waals surface area (Å²) < 4.78 is 43.4. The van der Waals surface area contributed by atoms with Crippen molar-refractivity contribution in [1.29, 1.82) is 0 Å². The molecule has 0 bridgehead atoms. The number of hydrogen-bond donors (Lipinski definition) is 1. The van der Waals surface area contributed by atoms with E-state index in [9.17, 15) is 13.2 Å². The van der Waals surface area contributed by atoms with Crippen LogP contribution >= 0.6 is 0 Å². The van der Waals surface area contributed by atoms with E-state index in [0.717, 1.165) is 37.9 Å². The van der Waals surface area contributed by atoms with E-state index >= 15 is 0 Å². The third kappa shape index (κ3) is 3.52. The van der Waals surface area contributed by atoms with Gasteiger partial charge < -0.3 is 10.5 Å². The Morgan fingerprint density at radius 2 is 2.11 bits per heavy atom. The van der Waals surface area contributed by atoms with Gasteiger partial charge in [-0.2, -0.15) is 13.2 Å². The maximum absolute atomic E-state index is 12.6. The van der Waals surface area contributed by atoms with Crippen molar-refractivity contribution in [2.24, 2.45) is 5.92 Å². The number of aromatic nitrogens is 1. The first-order valence-electron chi connectivity index (χ1n) is 6.35. The van der Waals surface area contributed by atoms with Gasteiger partial charge in [0.15, 0.2) is 0 Å². The van der Waals surface area contributed by atoms with Crippen LogP contribution in [0.15, 0.2) is 12.3 Å². The number of halogens is 3. The molecule has 0 spiro atoms. The quantitative estimate of drug-likeness (QED) is 0.895. The Labute approximate surface area is 110 Å². The van der Waals surface area contributed by atoms with Crippen LogP contribution in [0.1, 0.15) is 38.3 Å². The van der Waals surface area contributed by atoms with E-state index in [1.165, 1.54) is 0 Å². The van der Waals surface area contributed by atoms with E-state index in [1.54, 1.807) is 0 Å². The zero-order chi connectivity index (χ0) is 14.0. The van der Waals surface area contributed by atoms with Gasteiger partial charge in [-0.25, -0.2) is 4.98 Å². The van der Waals surface area contributed by atoms with Gasteiger partial charge in [-0.3, -0.25) is 0 Å². The van der Waals surface area contributed by atoms with Crippen LogP contribution in [0, 0.1) is 5.92 Å². The molecule has 0 aromatic carbocycles. The lowest BCUT2D eigenvalue weighted by molar-refractivity contribution is -0.141. The standard InChI is InChI=1S/C13H17F3N2O/c1-8-3-2-4-9(5-8)19-11-6-12(13(14,15)16)18-7-10(11)17/h6-9H,2-5,17H2,1H3. The predicted octanol–water partition coefficient (Wildman–Crippen LogP) is 3.64. The summed E-state index contributed by atoms with van der Waals surface area (Å²) in [6.07, 6.45) is 0.337. The maximum Gasteiger partial charge on any atom is 0.433 e. The Morgan fingerprint density at radius 1 is 1.37 bits per heavy atom. The van der Waals surface area contributed by atoms with Crippen LogP contribution in [0.4, 0.5) is 18.9 Å². The van der Waals surface area contributed by atoms with Gasteiger partial charge in [0, 0.05) is 6.07 Å². The summed E-state index contributed by atoms with van der Waals surface area (Å²) in [5.41, 5.74) is 4.80. The number of nitrogens with zero attached hydrogens (tertiary/aromatic N) is 1. The van der Waals surface area contributed by atoms with Crippen LogP contribution in [0.5, 0.6) is 5.75 Å². The number of ether oxygens (including phenoxy) is 1. The summed E-state index contributed by atoms with van der Waals surface area (Å²) in [6, 6.07) is 0.884. The van der Waals surface area contributed by atoms with Crippen molar-refractivity contribution in [2.45, 2.75) is 44.9 Å². The molecule has 2 rings (SSSR count). The Balaban J connectivity index is 2.15. The topological polar surface area (TPSA) is 48.1 Å². The predicted molar refractivity (Wildman–Crippen MR) is 65.7 cm³/mol. The summed E-state index contributed by atoms with van der Waals surface area (Å²) in [6.45, 7) is 2.12. The molecule has 2 unspecified atom stereocenters. The van der Waals surface area contributed by atoms with Gasteiger partial charge >= 0.3 is 6.18 Å². The first kappa shape index (κ1) is 14.0. The number of alkyl halides is 3. The number of rotatable bonds is 2. The first-order valence-corrected chi connectivity index (χ1v) is 6.35. The van der Waals surface area contributed by atoms with Gasteiger partial charge in [0.2, 0.25) is 0 Å². The smallest absolute Gasteiger partial charge is 0.433 e. The van der Waals surface area contributed by atoms with E-state index in [4.69, 9.17) is 10.5 Å². The van der Waals surface area contributed by atoms with Gasteiger partial charge in [-0.05, 0) is 25.2 Å². The zero-order valence-corrected chi connectivity index (χ0v) is 10.7. The van der Waals surface area contributed by atoms with E-state index < -0.39 is 11.9 Å². The summed E-state index contributed by atoms with van der Waals surface area (Å²) in [7, 11) is 0. The second kappa shape index (κ2) is 5.27. The molecule has 2 N–H and O–H groups in total. The molecule has 106 valence electrons. The molecule has 1 heterocycles. The highest BCUT2D eigenvalue weighted by Crippen LogP contribution is 2.34. The van der Waals surface area contributed by atoms with Crippen molar-refractivity contribution in [3.05, 3.63) is 18.0 Å². The second-order valence-corrected chi connectivity index (χ2v) is 5.12. The number of nitrogens with two attached hydrogens (primary N) is 1. The molecule has 19 heavy (non-hydrogen) atoms. The van der Waals surface area contributed by atoms with Gasteiger partial charge in [0.25, 0.3) is 0 Å². The molecular formula is C13H17F3N2O. The average Bonchev–Trinajstić information content (AvgIpc) is 2.30. The minimum absolute atomic E-state index is 0.0606. The molecule has 6 heteroatoms. The van der Waals surface area contributed by atoms with Crippen molar-refractivity contribution in [3.8, 4) is 5.75 Å². The molecular weight excluding hydrogens is 257 g/mol. The molecule has 3 nitrogen and oxygen atoms in total. The van der Waals surface area contributed by atoms with E-state index in [2.05, 4.69) is 11.9 Å². The Hall–Kier alpha value is -1.46. The highest BCUT2D eigenvalue weighted by Gasteiger charge is 2.33. The molecule has 1 aromatic rings. The van der Waals surface area contributed by atoms with Crippen molar-refractivity contribution in [1.82, 2.24) is 4.98 Å². The summed E-state index contributed by atoms with van der Waals surface area (Å²) in [4.78, 5) is 3.29. The third-order valence-corrected chi connectivity index (χ3v) is 3.37. The second-order valence-electron chi connectivity index (χ2n) is 5.12. The van der Waals surface area contributed by atoms with Crippen LogP contribution < -0.4 is 10.5 Å². The Kier molecular flexibility index (Phi) is 3.87. The number of nitrogen functional groups attached to an aromatic ring is 1. The average molecular weight is 274 g/mol. The maximum atomic E-state index is 12.6.